The third kappa shape index (κ3) is 5.14. The van der Waals surface area contributed by atoms with Gasteiger partial charge in [0, 0.05) is 12.8 Å². The number of carbonyl (C=O) groups excluding carboxylic acids is 1. The van der Waals surface area contributed by atoms with Crippen molar-refractivity contribution in [2.45, 2.75) is 18.7 Å². The Labute approximate surface area is 122 Å². The summed E-state index contributed by atoms with van der Waals surface area (Å²) in [6.07, 6.45) is 0.909. The van der Waals surface area contributed by atoms with Gasteiger partial charge in [0.15, 0.2) is 9.84 Å². The first-order valence-corrected chi connectivity index (χ1v) is 8.00. The first-order chi connectivity index (χ1) is 9.61. The molecule has 0 saturated heterocycles. The van der Waals surface area contributed by atoms with Gasteiger partial charge in [-0.1, -0.05) is 12.1 Å². The van der Waals surface area contributed by atoms with E-state index in [1.807, 2.05) is 0 Å². The van der Waals surface area contributed by atoms with E-state index in [1.54, 1.807) is 0 Å². The first-order valence-electron chi connectivity index (χ1n) is 6.05. The molecule has 1 N–H and O–H groups in total. The van der Waals surface area contributed by atoms with Gasteiger partial charge in [0.1, 0.15) is 17.6 Å². The van der Waals surface area contributed by atoms with Gasteiger partial charge >= 0.3 is 5.97 Å². The minimum absolute atomic E-state index is 0.106. The lowest BCUT2D eigenvalue weighted by Crippen LogP contribution is -2.43. The number of benzene rings is 1. The van der Waals surface area contributed by atoms with Crippen molar-refractivity contribution < 1.29 is 27.5 Å². The zero-order valence-electron chi connectivity index (χ0n) is 11.6. The second-order valence-corrected chi connectivity index (χ2v) is 7.05. The third-order valence-electron chi connectivity index (χ3n) is 2.91. The second-order valence-electron chi connectivity index (χ2n) is 4.69. The van der Waals surface area contributed by atoms with Crippen molar-refractivity contribution in [2.24, 2.45) is 0 Å². The molecular weight excluding hydrogens is 301 g/mol. The van der Waals surface area contributed by atoms with Gasteiger partial charge in [0.25, 0.3) is 0 Å². The fourth-order valence-corrected chi connectivity index (χ4v) is 2.14. The highest BCUT2D eigenvalue weighted by Gasteiger charge is 2.29. The Bertz CT molecular complexity index is 626. The molecule has 0 saturated carbocycles. The Hall–Kier alpha value is -1.96. The Morgan fingerprint density at radius 1 is 1.29 bits per heavy atom. The molecule has 0 aliphatic heterocycles. The summed E-state index contributed by atoms with van der Waals surface area (Å²) in [5.74, 6) is -2.52. The van der Waals surface area contributed by atoms with Gasteiger partial charge in [-0.05, 0) is 24.6 Å². The number of halogens is 1. The summed E-state index contributed by atoms with van der Waals surface area (Å²) >= 11 is 0. The van der Waals surface area contributed by atoms with Gasteiger partial charge in [-0.2, -0.15) is 0 Å². The molecule has 0 fully saturated rings. The van der Waals surface area contributed by atoms with Crippen LogP contribution in [0.4, 0.5) is 4.39 Å². The Balaban J connectivity index is 2.97. The number of sulfone groups is 1. The fraction of sp³-hybridized carbons (Fsp3) is 0.385. The molecule has 1 rings (SSSR count). The molecule has 0 aromatic heterocycles. The smallest absolute Gasteiger partial charge is 0.323 e. The predicted molar refractivity (Wildman–Crippen MR) is 73.8 cm³/mol. The van der Waals surface area contributed by atoms with Crippen LogP contribution >= 0.6 is 0 Å². The van der Waals surface area contributed by atoms with E-state index in [4.69, 9.17) is 5.11 Å². The van der Waals surface area contributed by atoms with Crippen molar-refractivity contribution in [3.63, 3.8) is 0 Å². The van der Waals surface area contributed by atoms with Crippen LogP contribution < -0.4 is 0 Å². The molecule has 6 nitrogen and oxygen atoms in total. The number of aliphatic carboxylic acids is 1. The molecular formula is C13H16FNO5S. The summed E-state index contributed by atoms with van der Waals surface area (Å²) in [6, 6.07) is 5.17. The van der Waals surface area contributed by atoms with Crippen LogP contribution in [0, 0.1) is 5.82 Å². The molecule has 1 amide bonds. The summed E-state index contributed by atoms with van der Waals surface area (Å²) in [5, 5.41) is 7.50. The van der Waals surface area contributed by atoms with E-state index in [-0.39, 0.29) is 6.54 Å². The number of hydrogen-bond donors (Lipinski definition) is 1. The standard InChI is InChI=1S/C13H16FNO5S/c1-9(21(2,19)20)13(18)15(8-12(16)17)7-10-3-5-11(14)6-4-10/h3-6,9H,7-8H2,1-2H3,(H,16,17). The van der Waals surface area contributed by atoms with Crippen molar-refractivity contribution in [3.8, 4) is 0 Å². The van der Waals surface area contributed by atoms with E-state index in [0.717, 1.165) is 11.2 Å². The number of rotatable bonds is 6. The van der Waals surface area contributed by atoms with Crippen molar-refractivity contribution in [2.75, 3.05) is 12.8 Å². The molecule has 1 unspecified atom stereocenters. The molecule has 21 heavy (non-hydrogen) atoms. The van der Waals surface area contributed by atoms with Crippen molar-refractivity contribution >= 4 is 21.7 Å². The fourth-order valence-electron chi connectivity index (χ4n) is 1.63. The van der Waals surface area contributed by atoms with Crippen molar-refractivity contribution in [1.82, 2.24) is 4.90 Å². The molecule has 1 atom stereocenters. The van der Waals surface area contributed by atoms with Crippen LogP contribution in [0.3, 0.4) is 0 Å². The van der Waals surface area contributed by atoms with Crippen molar-refractivity contribution in [3.05, 3.63) is 35.6 Å². The molecule has 116 valence electrons. The summed E-state index contributed by atoms with van der Waals surface area (Å²) < 4.78 is 35.7. The monoisotopic (exact) mass is 317 g/mol. The van der Waals surface area contributed by atoms with Crippen LogP contribution in [0.15, 0.2) is 24.3 Å². The minimum Gasteiger partial charge on any atom is -0.480 e. The topological polar surface area (TPSA) is 91.8 Å². The summed E-state index contributed by atoms with van der Waals surface area (Å²) in [4.78, 5) is 23.9. The lowest BCUT2D eigenvalue weighted by molar-refractivity contribution is -0.144. The first kappa shape index (κ1) is 17.1. The summed E-state index contributed by atoms with van der Waals surface area (Å²) in [5.41, 5.74) is 0.506. The highest BCUT2D eigenvalue weighted by Crippen LogP contribution is 2.11. The lowest BCUT2D eigenvalue weighted by Gasteiger charge is -2.23. The van der Waals surface area contributed by atoms with E-state index in [0.29, 0.717) is 5.56 Å². The van der Waals surface area contributed by atoms with Gasteiger partial charge in [-0.3, -0.25) is 9.59 Å². The van der Waals surface area contributed by atoms with Crippen LogP contribution in [0.2, 0.25) is 0 Å². The van der Waals surface area contributed by atoms with Crippen molar-refractivity contribution in [1.29, 1.82) is 0 Å². The maximum Gasteiger partial charge on any atom is 0.323 e. The van der Waals surface area contributed by atoms with E-state index in [9.17, 15) is 22.4 Å². The molecule has 0 heterocycles. The quantitative estimate of drug-likeness (QED) is 0.832. The van der Waals surface area contributed by atoms with E-state index in [2.05, 4.69) is 0 Å². The largest absolute Gasteiger partial charge is 0.480 e. The molecule has 0 aliphatic carbocycles. The van der Waals surface area contributed by atoms with Crippen LogP contribution in [0.25, 0.3) is 0 Å². The molecule has 0 aliphatic rings. The minimum atomic E-state index is -3.63. The lowest BCUT2D eigenvalue weighted by atomic mass is 10.2. The SMILES string of the molecule is CC(C(=O)N(CC(=O)O)Cc1ccc(F)cc1)S(C)(=O)=O. The maximum atomic E-state index is 12.8. The van der Waals surface area contributed by atoms with Crippen LogP contribution in [-0.4, -0.2) is 48.4 Å². The second kappa shape index (κ2) is 6.66. The molecule has 0 spiro atoms. The number of amides is 1. The third-order valence-corrected chi connectivity index (χ3v) is 4.40. The number of nitrogens with zero attached hydrogens (tertiary/aromatic N) is 1. The Morgan fingerprint density at radius 2 is 1.81 bits per heavy atom. The zero-order chi connectivity index (χ0) is 16.2. The Morgan fingerprint density at radius 3 is 2.24 bits per heavy atom. The van der Waals surface area contributed by atoms with E-state index in [1.165, 1.54) is 31.2 Å². The molecule has 1 aromatic rings. The number of carboxylic acid groups (broad SMARTS) is 1. The molecule has 1 aromatic carbocycles. The number of hydrogen-bond acceptors (Lipinski definition) is 4. The van der Waals surface area contributed by atoms with Crippen LogP contribution in [-0.2, 0) is 26.0 Å². The van der Waals surface area contributed by atoms with E-state index < -0.39 is 39.3 Å². The molecule has 0 bridgehead atoms. The highest BCUT2D eigenvalue weighted by molar-refractivity contribution is 7.92. The zero-order valence-corrected chi connectivity index (χ0v) is 12.4. The predicted octanol–water partition coefficient (Wildman–Crippen LogP) is 0.672. The van der Waals surface area contributed by atoms with Gasteiger partial charge in [-0.25, -0.2) is 12.8 Å². The number of carboxylic acids is 1. The van der Waals surface area contributed by atoms with Crippen LogP contribution in [0.5, 0.6) is 0 Å². The normalized spacial score (nSPS) is 12.7. The average molecular weight is 317 g/mol. The van der Waals surface area contributed by atoms with E-state index >= 15 is 0 Å². The molecule has 0 radical (unpaired) electrons. The highest BCUT2D eigenvalue weighted by atomic mass is 32.2. The summed E-state index contributed by atoms with van der Waals surface area (Å²) in [7, 11) is -3.63. The Kier molecular flexibility index (Phi) is 5.42. The van der Waals surface area contributed by atoms with Crippen LogP contribution in [0.1, 0.15) is 12.5 Å². The van der Waals surface area contributed by atoms with Gasteiger partial charge in [0.2, 0.25) is 5.91 Å². The number of carbonyl (C=O) groups is 2. The van der Waals surface area contributed by atoms with Gasteiger partial charge in [-0.15, -0.1) is 0 Å². The molecule has 8 heteroatoms. The van der Waals surface area contributed by atoms with Gasteiger partial charge < -0.3 is 10.0 Å². The maximum absolute atomic E-state index is 12.8. The summed E-state index contributed by atoms with van der Waals surface area (Å²) in [6.45, 7) is 0.471. The average Bonchev–Trinajstić information content (AvgIpc) is 2.37. The van der Waals surface area contributed by atoms with Gasteiger partial charge in [0.05, 0.1) is 0 Å².